The molecule has 0 radical (unpaired) electrons. The lowest BCUT2D eigenvalue weighted by molar-refractivity contribution is -0.123. The number of carbonyl (C=O) groups is 1. The van der Waals surface area contributed by atoms with Crippen LogP contribution in [0.4, 0.5) is 5.69 Å². The quantitative estimate of drug-likeness (QED) is 0.424. The SMILES string of the molecule is O=C(NCc1ccccc1)C(c1ccc(NCc2ccccc2Cl)cc1)C1CCCC1. The van der Waals surface area contributed by atoms with Gasteiger partial charge in [0, 0.05) is 23.8 Å². The van der Waals surface area contributed by atoms with Crippen LogP contribution in [-0.2, 0) is 17.9 Å². The third-order valence-electron chi connectivity index (χ3n) is 6.17. The smallest absolute Gasteiger partial charge is 0.228 e. The lowest BCUT2D eigenvalue weighted by Crippen LogP contribution is -2.32. The van der Waals surface area contributed by atoms with Crippen LogP contribution in [-0.4, -0.2) is 5.91 Å². The van der Waals surface area contributed by atoms with E-state index in [2.05, 4.69) is 34.9 Å². The summed E-state index contributed by atoms with van der Waals surface area (Å²) in [5.74, 6) is 0.453. The Morgan fingerprint density at radius 1 is 0.871 bits per heavy atom. The molecule has 1 aliphatic rings. The zero-order valence-electron chi connectivity index (χ0n) is 17.7. The molecule has 2 N–H and O–H groups in total. The highest BCUT2D eigenvalue weighted by atomic mass is 35.5. The zero-order valence-corrected chi connectivity index (χ0v) is 18.4. The van der Waals surface area contributed by atoms with Gasteiger partial charge in [-0.25, -0.2) is 0 Å². The molecule has 1 atom stereocenters. The maximum atomic E-state index is 13.2. The van der Waals surface area contributed by atoms with Crippen molar-refractivity contribution in [2.24, 2.45) is 5.92 Å². The molecule has 1 saturated carbocycles. The molecular formula is C27H29ClN2O. The Balaban J connectivity index is 1.43. The summed E-state index contributed by atoms with van der Waals surface area (Å²) in [6.45, 7) is 1.24. The molecular weight excluding hydrogens is 404 g/mol. The van der Waals surface area contributed by atoms with Gasteiger partial charge in [0.25, 0.3) is 0 Å². The highest BCUT2D eigenvalue weighted by molar-refractivity contribution is 6.31. The van der Waals surface area contributed by atoms with Gasteiger partial charge in [-0.2, -0.15) is 0 Å². The monoisotopic (exact) mass is 432 g/mol. The van der Waals surface area contributed by atoms with E-state index in [1.165, 1.54) is 12.8 Å². The number of benzene rings is 3. The number of anilines is 1. The number of hydrogen-bond donors (Lipinski definition) is 2. The van der Waals surface area contributed by atoms with Crippen LogP contribution in [0.15, 0.2) is 78.9 Å². The topological polar surface area (TPSA) is 41.1 Å². The molecule has 3 aromatic rings. The van der Waals surface area contributed by atoms with Crippen LogP contribution < -0.4 is 10.6 Å². The van der Waals surface area contributed by atoms with Crippen LogP contribution in [0.2, 0.25) is 5.02 Å². The van der Waals surface area contributed by atoms with Crippen molar-refractivity contribution in [3.05, 3.63) is 101 Å². The van der Waals surface area contributed by atoms with Crippen molar-refractivity contribution >= 4 is 23.2 Å². The summed E-state index contributed by atoms with van der Waals surface area (Å²) in [5, 5.41) is 7.37. The minimum Gasteiger partial charge on any atom is -0.381 e. The standard InChI is InChI=1S/C27H29ClN2O/c28-25-13-7-6-12-23(25)19-29-24-16-14-22(15-17-24)26(21-10-4-5-11-21)27(31)30-18-20-8-2-1-3-9-20/h1-3,6-9,12-17,21,26,29H,4-5,10-11,18-19H2,(H,30,31). The number of hydrogen-bond acceptors (Lipinski definition) is 2. The normalized spacial score (nSPS) is 14.9. The number of rotatable bonds is 8. The Labute approximate surface area is 189 Å². The van der Waals surface area contributed by atoms with Crippen molar-refractivity contribution in [1.82, 2.24) is 5.32 Å². The van der Waals surface area contributed by atoms with Crippen molar-refractivity contribution < 1.29 is 4.79 Å². The Bertz CT molecular complexity index is 982. The zero-order chi connectivity index (χ0) is 21.5. The number of halogens is 1. The largest absolute Gasteiger partial charge is 0.381 e. The first-order valence-corrected chi connectivity index (χ1v) is 11.5. The average Bonchev–Trinajstić information content (AvgIpc) is 3.33. The van der Waals surface area contributed by atoms with E-state index in [0.717, 1.165) is 40.2 Å². The third-order valence-corrected chi connectivity index (χ3v) is 6.54. The summed E-state index contributed by atoms with van der Waals surface area (Å²) in [4.78, 5) is 13.2. The molecule has 0 bridgehead atoms. The molecule has 31 heavy (non-hydrogen) atoms. The van der Waals surface area contributed by atoms with Crippen molar-refractivity contribution in [2.45, 2.75) is 44.7 Å². The molecule has 3 aromatic carbocycles. The van der Waals surface area contributed by atoms with Gasteiger partial charge < -0.3 is 10.6 Å². The Kier molecular flexibility index (Phi) is 7.26. The van der Waals surface area contributed by atoms with Gasteiger partial charge in [0.1, 0.15) is 0 Å². The first-order chi connectivity index (χ1) is 15.2. The van der Waals surface area contributed by atoms with E-state index >= 15 is 0 Å². The number of amides is 1. The molecule has 1 unspecified atom stereocenters. The number of nitrogens with one attached hydrogen (secondary N) is 2. The summed E-state index contributed by atoms with van der Waals surface area (Å²) in [6, 6.07) is 26.3. The third kappa shape index (κ3) is 5.68. The predicted octanol–water partition coefficient (Wildman–Crippen LogP) is 6.54. The second-order valence-corrected chi connectivity index (χ2v) is 8.70. The van der Waals surface area contributed by atoms with Gasteiger partial charge in [0.2, 0.25) is 5.91 Å². The van der Waals surface area contributed by atoms with E-state index in [0.29, 0.717) is 19.0 Å². The fraction of sp³-hybridized carbons (Fsp3) is 0.296. The molecule has 160 valence electrons. The molecule has 0 aromatic heterocycles. The molecule has 1 fully saturated rings. The summed E-state index contributed by atoms with van der Waals surface area (Å²) < 4.78 is 0. The lowest BCUT2D eigenvalue weighted by Gasteiger charge is -2.23. The lowest BCUT2D eigenvalue weighted by atomic mass is 9.84. The summed E-state index contributed by atoms with van der Waals surface area (Å²) in [5.41, 5.74) is 4.32. The van der Waals surface area contributed by atoms with E-state index in [4.69, 9.17) is 11.6 Å². The Morgan fingerprint density at radius 2 is 1.55 bits per heavy atom. The second-order valence-electron chi connectivity index (χ2n) is 8.29. The van der Waals surface area contributed by atoms with Gasteiger partial charge in [-0.1, -0.05) is 85.1 Å². The fourth-order valence-corrected chi connectivity index (χ4v) is 4.67. The first kappa shape index (κ1) is 21.5. The van der Waals surface area contributed by atoms with Crippen molar-refractivity contribution in [3.8, 4) is 0 Å². The molecule has 3 nitrogen and oxygen atoms in total. The molecule has 0 aliphatic heterocycles. The van der Waals surface area contributed by atoms with Gasteiger partial charge in [0.05, 0.1) is 5.92 Å². The van der Waals surface area contributed by atoms with Gasteiger partial charge in [0.15, 0.2) is 0 Å². The predicted molar refractivity (Wildman–Crippen MR) is 128 cm³/mol. The van der Waals surface area contributed by atoms with E-state index < -0.39 is 0 Å². The fourth-order valence-electron chi connectivity index (χ4n) is 4.47. The van der Waals surface area contributed by atoms with Gasteiger partial charge in [-0.15, -0.1) is 0 Å². The highest BCUT2D eigenvalue weighted by Gasteiger charge is 2.31. The molecule has 4 rings (SSSR count). The molecule has 4 heteroatoms. The van der Waals surface area contributed by atoms with Gasteiger partial charge in [-0.05, 0) is 53.6 Å². The highest BCUT2D eigenvalue weighted by Crippen LogP contribution is 2.38. The van der Waals surface area contributed by atoms with E-state index in [9.17, 15) is 4.79 Å². The van der Waals surface area contributed by atoms with E-state index in [1.807, 2.05) is 54.6 Å². The van der Waals surface area contributed by atoms with Crippen LogP contribution in [0.25, 0.3) is 0 Å². The summed E-state index contributed by atoms with van der Waals surface area (Å²) in [7, 11) is 0. The molecule has 1 amide bonds. The summed E-state index contributed by atoms with van der Waals surface area (Å²) in [6.07, 6.45) is 4.67. The molecule has 0 saturated heterocycles. The minimum absolute atomic E-state index is 0.0937. The van der Waals surface area contributed by atoms with E-state index in [-0.39, 0.29) is 11.8 Å². The van der Waals surface area contributed by atoms with Crippen LogP contribution in [0.1, 0.15) is 48.3 Å². The number of carbonyl (C=O) groups excluding carboxylic acids is 1. The first-order valence-electron chi connectivity index (χ1n) is 11.1. The van der Waals surface area contributed by atoms with Crippen LogP contribution >= 0.6 is 11.6 Å². The Morgan fingerprint density at radius 3 is 2.26 bits per heavy atom. The van der Waals surface area contributed by atoms with E-state index in [1.54, 1.807) is 0 Å². The molecule has 0 heterocycles. The molecule has 1 aliphatic carbocycles. The molecule has 0 spiro atoms. The van der Waals surface area contributed by atoms with Crippen molar-refractivity contribution in [3.63, 3.8) is 0 Å². The average molecular weight is 433 g/mol. The van der Waals surface area contributed by atoms with Crippen molar-refractivity contribution in [2.75, 3.05) is 5.32 Å². The van der Waals surface area contributed by atoms with Crippen molar-refractivity contribution in [1.29, 1.82) is 0 Å². The maximum absolute atomic E-state index is 13.2. The van der Waals surface area contributed by atoms with Crippen LogP contribution in [0.3, 0.4) is 0 Å². The maximum Gasteiger partial charge on any atom is 0.228 e. The Hall–Kier alpha value is -2.78. The summed E-state index contributed by atoms with van der Waals surface area (Å²) >= 11 is 6.25. The second kappa shape index (κ2) is 10.5. The van der Waals surface area contributed by atoms with Gasteiger partial charge >= 0.3 is 0 Å². The minimum atomic E-state index is -0.0937. The van der Waals surface area contributed by atoms with Crippen LogP contribution in [0, 0.1) is 5.92 Å². The van der Waals surface area contributed by atoms with Crippen LogP contribution in [0.5, 0.6) is 0 Å². The van der Waals surface area contributed by atoms with Gasteiger partial charge in [-0.3, -0.25) is 4.79 Å².